The first kappa shape index (κ1) is 17.0. The largest absolute Gasteiger partial charge is 0.355 e. The van der Waals surface area contributed by atoms with Gasteiger partial charge >= 0.3 is 0 Å². The molecule has 1 N–H and O–H groups in total. The molecule has 1 aromatic carbocycles. The molecule has 0 radical (unpaired) electrons. The summed E-state index contributed by atoms with van der Waals surface area (Å²) in [5.74, 6) is -0.0318. The van der Waals surface area contributed by atoms with Crippen LogP contribution in [0.4, 0.5) is 0 Å². The molecular weight excluding hydrogens is 302 g/mol. The molecule has 1 aliphatic carbocycles. The fraction of sp³-hybridized carbons (Fsp3) is 0.579. The lowest BCUT2D eigenvalue weighted by molar-refractivity contribution is -0.145. The van der Waals surface area contributed by atoms with E-state index >= 15 is 0 Å². The van der Waals surface area contributed by atoms with E-state index in [1.54, 1.807) is 0 Å². The van der Waals surface area contributed by atoms with Crippen LogP contribution in [0.5, 0.6) is 0 Å². The van der Waals surface area contributed by atoms with E-state index in [4.69, 9.17) is 0 Å². The van der Waals surface area contributed by atoms with Crippen molar-refractivity contribution in [3.05, 3.63) is 35.9 Å². The third-order valence-electron chi connectivity index (χ3n) is 5.16. The maximum Gasteiger partial charge on any atom is 0.238 e. The zero-order valence-corrected chi connectivity index (χ0v) is 14.5. The van der Waals surface area contributed by atoms with Gasteiger partial charge in [0.2, 0.25) is 11.8 Å². The number of likely N-dealkylation sites (N-methyl/N-ethyl adjacent to an activating group) is 1. The van der Waals surface area contributed by atoms with Gasteiger partial charge in [0, 0.05) is 32.7 Å². The zero-order valence-electron chi connectivity index (χ0n) is 14.5. The molecule has 2 amide bonds. The van der Waals surface area contributed by atoms with E-state index in [-0.39, 0.29) is 11.8 Å². The first-order valence-corrected chi connectivity index (χ1v) is 8.92. The van der Waals surface area contributed by atoms with E-state index in [9.17, 15) is 9.59 Å². The molecule has 5 nitrogen and oxygen atoms in total. The minimum Gasteiger partial charge on any atom is -0.355 e. The molecule has 0 unspecified atom stereocenters. The molecule has 0 atom stereocenters. The lowest BCUT2D eigenvalue weighted by Gasteiger charge is -2.34. The summed E-state index contributed by atoms with van der Waals surface area (Å²) in [6.07, 6.45) is 3.24. The Bertz CT molecular complexity index is 576. The van der Waals surface area contributed by atoms with Crippen LogP contribution in [-0.2, 0) is 16.0 Å². The molecule has 1 saturated carbocycles. The number of hydrogen-bond acceptors (Lipinski definition) is 3. The summed E-state index contributed by atoms with van der Waals surface area (Å²) >= 11 is 0. The molecule has 0 aromatic heterocycles. The fourth-order valence-corrected chi connectivity index (χ4v) is 3.28. The van der Waals surface area contributed by atoms with Crippen molar-refractivity contribution in [2.24, 2.45) is 5.41 Å². The Morgan fingerprint density at radius 1 is 1.08 bits per heavy atom. The molecule has 1 saturated heterocycles. The van der Waals surface area contributed by atoms with E-state index < -0.39 is 5.41 Å². The second kappa shape index (κ2) is 7.34. The number of aryl methyl sites for hydroxylation is 1. The van der Waals surface area contributed by atoms with E-state index in [1.165, 1.54) is 5.56 Å². The predicted octanol–water partition coefficient (Wildman–Crippen LogP) is 1.29. The summed E-state index contributed by atoms with van der Waals surface area (Å²) < 4.78 is 0. The van der Waals surface area contributed by atoms with Gasteiger partial charge in [-0.2, -0.15) is 0 Å². The van der Waals surface area contributed by atoms with Gasteiger partial charge in [0.15, 0.2) is 0 Å². The van der Waals surface area contributed by atoms with E-state index in [0.29, 0.717) is 19.4 Å². The average molecular weight is 329 g/mol. The maximum atomic E-state index is 12.7. The first-order chi connectivity index (χ1) is 11.6. The van der Waals surface area contributed by atoms with Crippen LogP contribution in [0, 0.1) is 5.41 Å². The number of nitrogens with zero attached hydrogens (tertiary/aromatic N) is 2. The minimum atomic E-state index is -0.761. The number of piperazine rings is 1. The third kappa shape index (κ3) is 3.78. The van der Waals surface area contributed by atoms with Crippen LogP contribution in [0.2, 0.25) is 0 Å². The van der Waals surface area contributed by atoms with Crippen LogP contribution >= 0.6 is 0 Å². The van der Waals surface area contributed by atoms with Gasteiger partial charge in [0.25, 0.3) is 0 Å². The molecule has 1 heterocycles. The van der Waals surface area contributed by atoms with E-state index in [2.05, 4.69) is 29.4 Å². The molecule has 5 heteroatoms. The number of amides is 2. The lowest BCUT2D eigenvalue weighted by atomic mass is 10.0. The van der Waals surface area contributed by atoms with Crippen LogP contribution in [0.3, 0.4) is 0 Å². The minimum absolute atomic E-state index is 0.0381. The van der Waals surface area contributed by atoms with Crippen LogP contribution in [0.15, 0.2) is 30.3 Å². The Hall–Kier alpha value is -1.88. The van der Waals surface area contributed by atoms with Gasteiger partial charge < -0.3 is 15.1 Å². The number of rotatable bonds is 6. The van der Waals surface area contributed by atoms with Crippen molar-refractivity contribution in [3.63, 3.8) is 0 Å². The van der Waals surface area contributed by atoms with Crippen LogP contribution < -0.4 is 5.32 Å². The summed E-state index contributed by atoms with van der Waals surface area (Å²) in [5, 5.41) is 2.99. The Morgan fingerprint density at radius 2 is 1.75 bits per heavy atom. The number of carbonyl (C=O) groups is 2. The molecule has 130 valence electrons. The van der Waals surface area contributed by atoms with Crippen LogP contribution in [0.1, 0.15) is 24.8 Å². The van der Waals surface area contributed by atoms with Crippen molar-refractivity contribution in [3.8, 4) is 0 Å². The van der Waals surface area contributed by atoms with Crippen molar-refractivity contribution in [2.45, 2.75) is 25.7 Å². The molecule has 0 spiro atoms. The van der Waals surface area contributed by atoms with Crippen molar-refractivity contribution in [1.82, 2.24) is 15.1 Å². The molecule has 3 rings (SSSR count). The number of hydrogen-bond donors (Lipinski definition) is 1. The summed E-state index contributed by atoms with van der Waals surface area (Å²) in [7, 11) is 2.06. The van der Waals surface area contributed by atoms with Gasteiger partial charge in [-0.15, -0.1) is 0 Å². The van der Waals surface area contributed by atoms with Gasteiger partial charge in [-0.25, -0.2) is 0 Å². The first-order valence-electron chi connectivity index (χ1n) is 8.92. The number of nitrogens with one attached hydrogen (secondary N) is 1. The monoisotopic (exact) mass is 329 g/mol. The Labute approximate surface area is 144 Å². The molecule has 2 fully saturated rings. The summed E-state index contributed by atoms with van der Waals surface area (Å²) in [5.41, 5.74) is 0.518. The highest BCUT2D eigenvalue weighted by atomic mass is 16.2. The highest BCUT2D eigenvalue weighted by molar-refractivity contribution is 6.07. The van der Waals surface area contributed by atoms with Gasteiger partial charge in [-0.1, -0.05) is 30.3 Å². The summed E-state index contributed by atoms with van der Waals surface area (Å²) in [6.45, 7) is 3.88. The lowest BCUT2D eigenvalue weighted by Crippen LogP contribution is -2.52. The second-order valence-electron chi connectivity index (χ2n) is 7.02. The maximum absolute atomic E-state index is 12.7. The Morgan fingerprint density at radius 3 is 2.38 bits per heavy atom. The molecule has 24 heavy (non-hydrogen) atoms. The van der Waals surface area contributed by atoms with Gasteiger partial charge in [0.1, 0.15) is 5.41 Å². The fourth-order valence-electron chi connectivity index (χ4n) is 3.28. The summed E-state index contributed by atoms with van der Waals surface area (Å²) in [4.78, 5) is 29.3. The average Bonchev–Trinajstić information content (AvgIpc) is 3.41. The molecule has 1 aliphatic heterocycles. The molecule has 1 aromatic rings. The van der Waals surface area contributed by atoms with Crippen LogP contribution in [-0.4, -0.2) is 61.4 Å². The third-order valence-corrected chi connectivity index (χ3v) is 5.16. The van der Waals surface area contributed by atoms with Crippen LogP contribution in [0.25, 0.3) is 0 Å². The number of carbonyl (C=O) groups excluding carboxylic acids is 2. The zero-order chi connectivity index (χ0) is 17.0. The highest BCUT2D eigenvalue weighted by Crippen LogP contribution is 2.47. The topological polar surface area (TPSA) is 52.7 Å². The predicted molar refractivity (Wildman–Crippen MR) is 93.5 cm³/mol. The SMILES string of the molecule is CN1CCN(C(=O)C2(C(=O)NCCCc3ccccc3)CC2)CC1. The van der Waals surface area contributed by atoms with Crippen molar-refractivity contribution >= 4 is 11.8 Å². The Balaban J connectivity index is 1.45. The van der Waals surface area contributed by atoms with Crippen molar-refractivity contribution < 1.29 is 9.59 Å². The second-order valence-corrected chi connectivity index (χ2v) is 7.02. The van der Waals surface area contributed by atoms with Gasteiger partial charge in [-0.05, 0) is 38.3 Å². The number of benzene rings is 1. The highest BCUT2D eigenvalue weighted by Gasteiger charge is 2.57. The molecular formula is C19H27N3O2. The van der Waals surface area contributed by atoms with Crippen molar-refractivity contribution in [2.75, 3.05) is 39.8 Å². The Kier molecular flexibility index (Phi) is 5.19. The molecule has 2 aliphatic rings. The normalized spacial score (nSPS) is 19.8. The van der Waals surface area contributed by atoms with Gasteiger partial charge in [0.05, 0.1) is 0 Å². The standard InChI is InChI=1S/C19H27N3O2/c1-21-12-14-22(15-13-21)18(24)19(9-10-19)17(23)20-11-5-8-16-6-3-2-4-7-16/h2-4,6-7H,5,8-15H2,1H3,(H,20,23). The van der Waals surface area contributed by atoms with Gasteiger partial charge in [-0.3, -0.25) is 9.59 Å². The summed E-state index contributed by atoms with van der Waals surface area (Å²) in [6, 6.07) is 10.3. The van der Waals surface area contributed by atoms with E-state index in [1.807, 2.05) is 23.1 Å². The van der Waals surface area contributed by atoms with Crippen molar-refractivity contribution in [1.29, 1.82) is 0 Å². The van der Waals surface area contributed by atoms with E-state index in [0.717, 1.165) is 39.0 Å². The molecule has 0 bridgehead atoms. The quantitative estimate of drug-likeness (QED) is 0.632. The smallest absolute Gasteiger partial charge is 0.238 e.